The van der Waals surface area contributed by atoms with Crippen LogP contribution < -0.4 is 31.1 Å². The number of nitrogens with zero attached hydrogens (tertiary/aromatic N) is 3. The van der Waals surface area contributed by atoms with Gasteiger partial charge in [0.05, 0.1) is 11.4 Å². The molecule has 0 aliphatic carbocycles. The standard InChI is InChI=1S/C70H80BN3/c1-20-23-58(45(2)3)73(59-25-22-21-24-46(59)4)54-43-63-65-64(44-54)74(60-37-32-50(68(11,12)13)40-55(60)47-26-28-48(29-27-47)66(5,6)7)62-39-34-52(70(17,18)19)42-57(62)71(65)56-41-51(69(14,15)16)33-38-61(56)72(63)53-35-30-49(31-36-53)67(8,9)10/h20-44H,1-2H2,3-19H3/b58-23+. The Hall–Kier alpha value is -6.78. The van der Waals surface area contributed by atoms with Crippen LogP contribution in [0.4, 0.5) is 45.5 Å². The average Bonchev–Trinajstić information content (AvgIpc) is 3.32. The number of fused-ring (bicyclic) bond motifs is 4. The fourth-order valence-electron chi connectivity index (χ4n) is 11.0. The van der Waals surface area contributed by atoms with Crippen molar-refractivity contribution in [1.82, 2.24) is 0 Å². The molecule has 0 unspecified atom stereocenters. The summed E-state index contributed by atoms with van der Waals surface area (Å²) in [5.74, 6) is 0. The predicted octanol–water partition coefficient (Wildman–Crippen LogP) is 18.0. The summed E-state index contributed by atoms with van der Waals surface area (Å²) in [6.07, 6.45) is 4.00. The van der Waals surface area contributed by atoms with E-state index < -0.39 is 0 Å². The Morgan fingerprint density at radius 2 is 0.919 bits per heavy atom. The molecule has 3 nitrogen and oxygen atoms in total. The Labute approximate surface area is 446 Å². The molecule has 0 saturated carbocycles. The van der Waals surface area contributed by atoms with Crippen LogP contribution in [-0.2, 0) is 27.1 Å². The van der Waals surface area contributed by atoms with Crippen LogP contribution in [0.3, 0.4) is 0 Å². The summed E-state index contributed by atoms with van der Waals surface area (Å²) < 4.78 is 0. The van der Waals surface area contributed by atoms with Crippen molar-refractivity contribution in [3.63, 3.8) is 0 Å². The molecule has 4 heteroatoms. The lowest BCUT2D eigenvalue weighted by Gasteiger charge is -2.46. The highest BCUT2D eigenvalue weighted by molar-refractivity contribution is 7.00. The second-order valence-electron chi connectivity index (χ2n) is 26.3. The maximum atomic E-state index is 4.61. The van der Waals surface area contributed by atoms with Gasteiger partial charge in [0.2, 0.25) is 0 Å². The molecule has 0 amide bonds. The van der Waals surface area contributed by atoms with Crippen LogP contribution in [0.5, 0.6) is 0 Å². The summed E-state index contributed by atoms with van der Waals surface area (Å²) in [7, 11) is 0. The molecule has 0 aromatic heterocycles. The van der Waals surface area contributed by atoms with Gasteiger partial charge in [0.1, 0.15) is 0 Å². The zero-order valence-corrected chi connectivity index (χ0v) is 47.8. The highest BCUT2D eigenvalue weighted by Crippen LogP contribution is 2.51. The molecule has 7 aromatic rings. The summed E-state index contributed by atoms with van der Waals surface area (Å²) in [6, 6.07) is 54.3. The molecule has 0 atom stereocenters. The molecule has 2 aliphatic rings. The Bertz CT molecular complexity index is 3350. The van der Waals surface area contributed by atoms with Gasteiger partial charge >= 0.3 is 0 Å². The van der Waals surface area contributed by atoms with Crippen molar-refractivity contribution >= 4 is 68.6 Å². The third kappa shape index (κ3) is 9.51. The summed E-state index contributed by atoms with van der Waals surface area (Å²) in [5, 5.41) is 0. The second-order valence-corrected chi connectivity index (χ2v) is 26.3. The first-order chi connectivity index (χ1) is 34.6. The van der Waals surface area contributed by atoms with E-state index in [2.05, 4.69) is 291 Å². The zero-order valence-electron chi connectivity index (χ0n) is 47.8. The van der Waals surface area contributed by atoms with Crippen LogP contribution in [0.1, 0.15) is 144 Å². The first-order valence-electron chi connectivity index (χ1n) is 26.9. The number of rotatable bonds is 8. The lowest BCUT2D eigenvalue weighted by Crippen LogP contribution is -2.61. The average molecular weight is 974 g/mol. The van der Waals surface area contributed by atoms with E-state index in [0.717, 1.165) is 45.4 Å². The van der Waals surface area contributed by atoms with Gasteiger partial charge in [-0.05, 0) is 163 Å². The van der Waals surface area contributed by atoms with Crippen molar-refractivity contribution in [3.05, 3.63) is 209 Å². The monoisotopic (exact) mass is 974 g/mol. The van der Waals surface area contributed by atoms with Crippen LogP contribution in [0.15, 0.2) is 176 Å². The van der Waals surface area contributed by atoms with Crippen molar-refractivity contribution in [2.45, 2.75) is 145 Å². The minimum absolute atomic E-state index is 0.00309. The quantitative estimate of drug-likeness (QED) is 0.111. The van der Waals surface area contributed by atoms with Gasteiger partial charge in [0.25, 0.3) is 6.71 Å². The van der Waals surface area contributed by atoms with Gasteiger partial charge in [-0.1, -0.05) is 208 Å². The number of hydrogen-bond acceptors (Lipinski definition) is 3. The van der Waals surface area contributed by atoms with E-state index in [0.29, 0.717) is 0 Å². The Kier molecular flexibility index (Phi) is 13.1. The van der Waals surface area contributed by atoms with E-state index in [-0.39, 0.29) is 33.8 Å². The number of aryl methyl sites for hydroxylation is 1. The molecule has 9 rings (SSSR count). The topological polar surface area (TPSA) is 9.72 Å². The maximum absolute atomic E-state index is 4.61. The minimum atomic E-state index is -0.0861. The smallest absolute Gasteiger partial charge is 0.252 e. The van der Waals surface area contributed by atoms with E-state index in [9.17, 15) is 0 Å². The normalized spacial score (nSPS) is 13.9. The number of allylic oxidation sites excluding steroid dienone is 3. The highest BCUT2D eigenvalue weighted by Gasteiger charge is 2.45. The summed E-state index contributed by atoms with van der Waals surface area (Å²) in [6.45, 7) is 47.9. The van der Waals surface area contributed by atoms with Crippen molar-refractivity contribution in [3.8, 4) is 11.1 Å². The van der Waals surface area contributed by atoms with Crippen LogP contribution in [0, 0.1) is 6.92 Å². The van der Waals surface area contributed by atoms with E-state index in [1.807, 2.05) is 6.08 Å². The Balaban J connectivity index is 1.49. The predicted molar refractivity (Wildman–Crippen MR) is 326 cm³/mol. The molecule has 0 N–H and O–H groups in total. The van der Waals surface area contributed by atoms with E-state index in [1.54, 1.807) is 0 Å². The van der Waals surface area contributed by atoms with E-state index in [1.165, 1.54) is 72.3 Å². The molecule has 0 fully saturated rings. The van der Waals surface area contributed by atoms with E-state index >= 15 is 0 Å². The minimum Gasteiger partial charge on any atom is -0.311 e. The Morgan fingerprint density at radius 3 is 1.39 bits per heavy atom. The molecule has 0 spiro atoms. The lowest BCUT2D eigenvalue weighted by molar-refractivity contribution is 0.590. The summed E-state index contributed by atoms with van der Waals surface area (Å²) in [4.78, 5) is 7.59. The van der Waals surface area contributed by atoms with Crippen molar-refractivity contribution in [1.29, 1.82) is 0 Å². The van der Waals surface area contributed by atoms with E-state index in [4.69, 9.17) is 0 Å². The zero-order chi connectivity index (χ0) is 53.6. The first kappa shape index (κ1) is 52.1. The number of hydrogen-bond donors (Lipinski definition) is 0. The van der Waals surface area contributed by atoms with Crippen molar-refractivity contribution in [2.75, 3.05) is 14.7 Å². The molecule has 0 radical (unpaired) electrons. The molecule has 378 valence electrons. The van der Waals surface area contributed by atoms with Crippen LogP contribution in [0.25, 0.3) is 11.1 Å². The van der Waals surface area contributed by atoms with Gasteiger partial charge in [-0.25, -0.2) is 0 Å². The van der Waals surface area contributed by atoms with Gasteiger partial charge in [-0.3, -0.25) is 0 Å². The van der Waals surface area contributed by atoms with Crippen LogP contribution in [0.2, 0.25) is 0 Å². The molecule has 7 aromatic carbocycles. The second kappa shape index (κ2) is 18.6. The molecular weight excluding hydrogens is 894 g/mol. The summed E-state index contributed by atoms with van der Waals surface area (Å²) in [5.41, 5.74) is 24.8. The maximum Gasteiger partial charge on any atom is 0.252 e. The molecule has 2 aliphatic heterocycles. The Morgan fingerprint density at radius 1 is 0.486 bits per heavy atom. The van der Waals surface area contributed by atoms with Gasteiger partial charge < -0.3 is 14.7 Å². The molecular formula is C70H80BN3. The van der Waals surface area contributed by atoms with Gasteiger partial charge in [-0.2, -0.15) is 0 Å². The third-order valence-electron chi connectivity index (χ3n) is 15.5. The first-order valence-corrected chi connectivity index (χ1v) is 26.9. The van der Waals surface area contributed by atoms with Gasteiger partial charge in [-0.15, -0.1) is 0 Å². The van der Waals surface area contributed by atoms with Crippen LogP contribution >= 0.6 is 0 Å². The van der Waals surface area contributed by atoms with Crippen molar-refractivity contribution < 1.29 is 0 Å². The fraction of sp³-hybridized carbons (Fsp3) is 0.314. The number of benzene rings is 7. The highest BCUT2D eigenvalue weighted by atomic mass is 15.2. The molecule has 0 bridgehead atoms. The SMILES string of the molecule is C=C/C=C(\C(=C)C)N(c1cc2c3c(c1)N(c1ccc(C(C)(C)C)cc1-c1ccc(C(C)(C)C)cc1)c1ccc(C(C)(C)C)cc1B3c1cc(C(C)(C)C)ccc1N2c1ccc(C(C)(C)C)cc1)c1ccccc1C. The molecule has 0 saturated heterocycles. The van der Waals surface area contributed by atoms with Crippen molar-refractivity contribution in [2.24, 2.45) is 0 Å². The lowest BCUT2D eigenvalue weighted by atomic mass is 9.33. The molecule has 2 heterocycles. The largest absolute Gasteiger partial charge is 0.311 e. The number of anilines is 8. The molecule has 74 heavy (non-hydrogen) atoms. The summed E-state index contributed by atoms with van der Waals surface area (Å²) >= 11 is 0. The third-order valence-corrected chi connectivity index (χ3v) is 15.5. The number of para-hydroxylation sites is 1. The van der Waals surface area contributed by atoms with Gasteiger partial charge in [0.15, 0.2) is 0 Å². The van der Waals surface area contributed by atoms with Gasteiger partial charge in [0, 0.05) is 45.4 Å². The van der Waals surface area contributed by atoms with Crippen LogP contribution in [-0.4, -0.2) is 6.71 Å². The fourth-order valence-corrected chi connectivity index (χ4v) is 11.0.